The van der Waals surface area contributed by atoms with Gasteiger partial charge in [0.05, 0.1) is 6.10 Å². The van der Waals surface area contributed by atoms with Crippen LogP contribution in [0.2, 0.25) is 0 Å². The van der Waals surface area contributed by atoms with Gasteiger partial charge in [-0.25, -0.2) is 0 Å². The van der Waals surface area contributed by atoms with E-state index in [0.29, 0.717) is 16.7 Å². The third-order valence-corrected chi connectivity index (χ3v) is 10.8. The summed E-state index contributed by atoms with van der Waals surface area (Å²) in [7, 11) is 0. The molecule has 4 rings (SSSR count). The Morgan fingerprint density at radius 1 is 1.03 bits per heavy atom. The minimum atomic E-state index is -0.0870. The average molecular weight is 413 g/mol. The van der Waals surface area contributed by atoms with Gasteiger partial charge in [0.25, 0.3) is 0 Å². The second kappa shape index (κ2) is 8.42. The van der Waals surface area contributed by atoms with Crippen LogP contribution in [0.1, 0.15) is 99.3 Å². The molecule has 9 atom stereocenters. The third kappa shape index (κ3) is 3.66. The molecule has 3 saturated carbocycles. The summed E-state index contributed by atoms with van der Waals surface area (Å²) in [5.41, 5.74) is 2.51. The fourth-order valence-corrected chi connectivity index (χ4v) is 8.83. The molecule has 0 aromatic heterocycles. The second-order valence-corrected chi connectivity index (χ2v) is 12.4. The zero-order valence-corrected chi connectivity index (χ0v) is 20.7. The fraction of sp³-hybridized carbons (Fsp3) is 0.862. The summed E-state index contributed by atoms with van der Waals surface area (Å²) in [6.07, 6.45) is 19.1. The fourth-order valence-electron chi connectivity index (χ4n) is 8.83. The Bertz CT molecular complexity index is 674. The predicted molar refractivity (Wildman–Crippen MR) is 128 cm³/mol. The van der Waals surface area contributed by atoms with Gasteiger partial charge < -0.3 is 5.11 Å². The first kappa shape index (κ1) is 22.6. The molecule has 0 spiro atoms. The lowest BCUT2D eigenvalue weighted by Crippen LogP contribution is -2.50. The first-order chi connectivity index (χ1) is 14.2. The van der Waals surface area contributed by atoms with E-state index in [0.717, 1.165) is 48.3 Å². The molecule has 1 heteroatoms. The Kier molecular flexibility index (Phi) is 6.35. The maximum Gasteiger partial charge on any atom is 0.0577 e. The van der Waals surface area contributed by atoms with Crippen molar-refractivity contribution in [2.75, 3.05) is 0 Å². The van der Waals surface area contributed by atoms with Crippen molar-refractivity contribution >= 4 is 0 Å². The van der Waals surface area contributed by atoms with Crippen molar-refractivity contribution in [3.63, 3.8) is 0 Å². The van der Waals surface area contributed by atoms with Gasteiger partial charge >= 0.3 is 0 Å². The number of allylic oxidation sites excluding steroid dienone is 3. The van der Waals surface area contributed by atoms with Crippen LogP contribution in [0.3, 0.4) is 0 Å². The van der Waals surface area contributed by atoms with Gasteiger partial charge in [-0.15, -0.1) is 0 Å². The van der Waals surface area contributed by atoms with E-state index < -0.39 is 0 Å². The number of hydrogen-bond acceptors (Lipinski definition) is 1. The molecular weight excluding hydrogens is 364 g/mol. The molecule has 3 fully saturated rings. The smallest absolute Gasteiger partial charge is 0.0577 e. The van der Waals surface area contributed by atoms with Crippen molar-refractivity contribution in [3.8, 4) is 0 Å². The van der Waals surface area contributed by atoms with Crippen molar-refractivity contribution in [2.45, 2.75) is 105 Å². The molecule has 4 aliphatic carbocycles. The molecule has 170 valence electrons. The highest BCUT2D eigenvalue weighted by Gasteiger charge is 2.58. The summed E-state index contributed by atoms with van der Waals surface area (Å²) in [4.78, 5) is 0. The summed E-state index contributed by atoms with van der Waals surface area (Å²) < 4.78 is 0. The average Bonchev–Trinajstić information content (AvgIpc) is 3.06. The summed E-state index contributed by atoms with van der Waals surface area (Å²) in [5, 5.41) is 10.2. The van der Waals surface area contributed by atoms with E-state index in [2.05, 4.69) is 59.8 Å². The highest BCUT2D eigenvalue weighted by atomic mass is 16.3. The SMILES string of the molecule is CC[C@H](/C=C/[C@H](C)[C@@H]1CC[C@@H]2[C@H]3CC=C4C[C@@H](O)CC[C@]4(C)[C@@H]3CC[C@@]21C)C(C)C. The quantitative estimate of drug-likeness (QED) is 0.457. The molecule has 1 N–H and O–H groups in total. The molecule has 0 aromatic carbocycles. The normalized spacial score (nSPS) is 45.6. The lowest BCUT2D eigenvalue weighted by molar-refractivity contribution is -0.0540. The minimum absolute atomic E-state index is 0.0870. The molecule has 30 heavy (non-hydrogen) atoms. The minimum Gasteiger partial charge on any atom is -0.393 e. The molecule has 4 aliphatic rings. The van der Waals surface area contributed by atoms with Gasteiger partial charge in [-0.05, 0) is 110 Å². The van der Waals surface area contributed by atoms with Gasteiger partial charge in [0.15, 0.2) is 0 Å². The highest BCUT2D eigenvalue weighted by molar-refractivity contribution is 5.25. The largest absolute Gasteiger partial charge is 0.393 e. The van der Waals surface area contributed by atoms with E-state index >= 15 is 0 Å². The summed E-state index contributed by atoms with van der Waals surface area (Å²) in [6.45, 7) is 14.8. The maximum absolute atomic E-state index is 10.2. The van der Waals surface area contributed by atoms with Crippen molar-refractivity contribution < 1.29 is 5.11 Å². The predicted octanol–water partition coefficient (Wildman–Crippen LogP) is 7.80. The third-order valence-electron chi connectivity index (χ3n) is 10.8. The summed E-state index contributed by atoms with van der Waals surface area (Å²) in [5.74, 6) is 5.70. The maximum atomic E-state index is 10.2. The van der Waals surface area contributed by atoms with E-state index in [1.165, 1.54) is 44.9 Å². The molecule has 0 aliphatic heterocycles. The Labute approximate surface area is 186 Å². The van der Waals surface area contributed by atoms with Crippen LogP contribution in [0, 0.1) is 52.3 Å². The van der Waals surface area contributed by atoms with Gasteiger partial charge in [-0.2, -0.15) is 0 Å². The molecule has 0 heterocycles. The van der Waals surface area contributed by atoms with Crippen molar-refractivity contribution in [1.82, 2.24) is 0 Å². The highest BCUT2D eigenvalue weighted by Crippen LogP contribution is 2.67. The number of hydrogen-bond donors (Lipinski definition) is 1. The lowest BCUT2D eigenvalue weighted by Gasteiger charge is -2.58. The van der Waals surface area contributed by atoms with Gasteiger partial charge in [-0.1, -0.05) is 65.3 Å². The second-order valence-electron chi connectivity index (χ2n) is 12.4. The van der Waals surface area contributed by atoms with Gasteiger partial charge in [0.2, 0.25) is 0 Å². The van der Waals surface area contributed by atoms with Crippen LogP contribution in [-0.4, -0.2) is 11.2 Å². The zero-order valence-electron chi connectivity index (χ0n) is 20.7. The zero-order chi connectivity index (χ0) is 21.7. The van der Waals surface area contributed by atoms with Crippen LogP contribution in [0.25, 0.3) is 0 Å². The molecule has 0 bridgehead atoms. The number of aliphatic hydroxyl groups excluding tert-OH is 1. The molecule has 0 saturated heterocycles. The van der Waals surface area contributed by atoms with E-state index in [4.69, 9.17) is 0 Å². The van der Waals surface area contributed by atoms with Crippen LogP contribution >= 0.6 is 0 Å². The molecule has 0 aromatic rings. The molecular formula is C29H48O. The number of fused-ring (bicyclic) bond motifs is 5. The van der Waals surface area contributed by atoms with E-state index in [-0.39, 0.29) is 6.10 Å². The molecule has 0 radical (unpaired) electrons. The van der Waals surface area contributed by atoms with Crippen molar-refractivity contribution in [1.29, 1.82) is 0 Å². The van der Waals surface area contributed by atoms with Gasteiger partial charge in [-0.3, -0.25) is 0 Å². The van der Waals surface area contributed by atoms with Crippen molar-refractivity contribution in [2.24, 2.45) is 52.3 Å². The molecule has 0 unspecified atom stereocenters. The summed E-state index contributed by atoms with van der Waals surface area (Å²) >= 11 is 0. The van der Waals surface area contributed by atoms with E-state index in [1.807, 2.05) is 0 Å². The van der Waals surface area contributed by atoms with Crippen LogP contribution in [0.5, 0.6) is 0 Å². The van der Waals surface area contributed by atoms with E-state index in [1.54, 1.807) is 5.57 Å². The Morgan fingerprint density at radius 2 is 1.80 bits per heavy atom. The van der Waals surface area contributed by atoms with E-state index in [9.17, 15) is 5.11 Å². The first-order valence-electron chi connectivity index (χ1n) is 13.3. The Morgan fingerprint density at radius 3 is 2.50 bits per heavy atom. The van der Waals surface area contributed by atoms with Gasteiger partial charge in [0.1, 0.15) is 0 Å². The van der Waals surface area contributed by atoms with Crippen LogP contribution in [0.4, 0.5) is 0 Å². The van der Waals surface area contributed by atoms with Gasteiger partial charge in [0, 0.05) is 0 Å². The van der Waals surface area contributed by atoms with Crippen LogP contribution in [0.15, 0.2) is 23.8 Å². The van der Waals surface area contributed by atoms with Crippen LogP contribution in [-0.2, 0) is 0 Å². The van der Waals surface area contributed by atoms with Crippen LogP contribution < -0.4 is 0 Å². The summed E-state index contributed by atoms with van der Waals surface area (Å²) in [6, 6.07) is 0. The lowest BCUT2D eigenvalue weighted by atomic mass is 9.47. The molecule has 1 nitrogen and oxygen atoms in total. The Balaban J connectivity index is 1.52. The number of rotatable bonds is 5. The molecule has 0 amide bonds. The first-order valence-corrected chi connectivity index (χ1v) is 13.3. The Hall–Kier alpha value is -0.560. The monoisotopic (exact) mass is 412 g/mol. The topological polar surface area (TPSA) is 20.2 Å². The standard InChI is InChI=1S/C29H48O/c1-7-21(19(2)3)9-8-20(4)25-12-13-26-24-11-10-22-18-23(30)14-16-28(22,5)27(24)15-17-29(25,26)6/h8-10,19-21,23-27,30H,7,11-18H2,1-6H3/b9-8+/t20-,21+,23-,24+,25-,26+,27+,28-,29+/m0/s1. The van der Waals surface area contributed by atoms with Crippen molar-refractivity contribution in [3.05, 3.63) is 23.8 Å². The number of aliphatic hydroxyl groups is 1.